The van der Waals surface area contributed by atoms with Crippen LogP contribution in [0.1, 0.15) is 17.9 Å². The first-order valence-corrected chi connectivity index (χ1v) is 6.29. The van der Waals surface area contributed by atoms with Gasteiger partial charge in [0.25, 0.3) is 0 Å². The molecule has 0 N–H and O–H groups in total. The van der Waals surface area contributed by atoms with Crippen molar-refractivity contribution in [3.05, 3.63) is 29.8 Å². The van der Waals surface area contributed by atoms with Crippen molar-refractivity contribution in [2.45, 2.75) is 17.2 Å². The lowest BCUT2D eigenvalue weighted by Crippen LogP contribution is -2.10. The molecule has 0 saturated carbocycles. The highest BCUT2D eigenvalue weighted by Gasteiger charge is 2.18. The van der Waals surface area contributed by atoms with Crippen molar-refractivity contribution in [2.24, 2.45) is 0 Å². The Kier molecular flexibility index (Phi) is 4.99. The van der Waals surface area contributed by atoms with E-state index in [1.54, 1.807) is 18.7 Å². The van der Waals surface area contributed by atoms with E-state index in [4.69, 9.17) is 16.3 Å². The molecule has 0 unspecified atom stereocenters. The highest BCUT2D eigenvalue weighted by molar-refractivity contribution is 7.98. The first-order valence-electron chi connectivity index (χ1n) is 4.63. The Morgan fingerprint density at radius 2 is 2.07 bits per heavy atom. The Labute approximate surface area is 99.0 Å². The molecule has 0 heterocycles. The summed E-state index contributed by atoms with van der Waals surface area (Å²) in [4.78, 5) is 12.5. The van der Waals surface area contributed by atoms with E-state index in [1.165, 1.54) is 0 Å². The van der Waals surface area contributed by atoms with Crippen LogP contribution in [0.15, 0.2) is 29.2 Å². The number of hydrogen-bond acceptors (Lipinski definition) is 3. The molecule has 0 aliphatic rings. The van der Waals surface area contributed by atoms with E-state index >= 15 is 0 Å². The third-order valence-corrected chi connectivity index (χ3v) is 3.08. The van der Waals surface area contributed by atoms with Gasteiger partial charge in [0.1, 0.15) is 0 Å². The Morgan fingerprint density at radius 1 is 1.47 bits per heavy atom. The number of halogens is 1. The molecule has 2 nitrogen and oxygen atoms in total. The van der Waals surface area contributed by atoms with Gasteiger partial charge < -0.3 is 4.74 Å². The molecule has 0 radical (unpaired) electrons. The monoisotopic (exact) mass is 244 g/mol. The van der Waals surface area contributed by atoms with Crippen LogP contribution >= 0.6 is 23.4 Å². The number of benzene rings is 1. The number of alkyl halides is 1. The number of rotatable bonds is 4. The van der Waals surface area contributed by atoms with E-state index < -0.39 is 11.3 Å². The minimum Gasteiger partial charge on any atom is -0.465 e. The van der Waals surface area contributed by atoms with Crippen molar-refractivity contribution in [2.75, 3.05) is 12.9 Å². The van der Waals surface area contributed by atoms with E-state index in [9.17, 15) is 4.79 Å². The Morgan fingerprint density at radius 3 is 2.53 bits per heavy atom. The van der Waals surface area contributed by atoms with E-state index in [-0.39, 0.29) is 0 Å². The highest BCUT2D eigenvalue weighted by Crippen LogP contribution is 2.24. The molecule has 1 aromatic carbocycles. The molecule has 0 aliphatic carbocycles. The summed E-state index contributed by atoms with van der Waals surface area (Å²) in [6.45, 7) is 2.11. The summed E-state index contributed by atoms with van der Waals surface area (Å²) in [5.74, 6) is -0.393. The van der Waals surface area contributed by atoms with E-state index in [0.29, 0.717) is 6.61 Å². The molecular weight excluding hydrogens is 232 g/mol. The normalized spacial score (nSPS) is 12.2. The molecule has 1 rings (SSSR count). The summed E-state index contributed by atoms with van der Waals surface area (Å²) in [7, 11) is 0. The summed E-state index contributed by atoms with van der Waals surface area (Å²) in [6, 6.07) is 7.57. The average Bonchev–Trinajstić information content (AvgIpc) is 2.28. The summed E-state index contributed by atoms with van der Waals surface area (Å²) in [6.07, 6.45) is 2.00. The fourth-order valence-electron chi connectivity index (χ4n) is 1.12. The minimum atomic E-state index is -0.708. The Hall–Kier alpha value is -0.670. The number of esters is 1. The van der Waals surface area contributed by atoms with Crippen LogP contribution in [0.4, 0.5) is 0 Å². The highest BCUT2D eigenvalue weighted by atomic mass is 35.5. The van der Waals surface area contributed by atoms with Crippen LogP contribution in [0, 0.1) is 0 Å². The van der Waals surface area contributed by atoms with Crippen molar-refractivity contribution in [1.29, 1.82) is 0 Å². The summed E-state index contributed by atoms with van der Waals surface area (Å²) >= 11 is 7.60. The van der Waals surface area contributed by atoms with Crippen molar-refractivity contribution in [1.82, 2.24) is 0 Å². The van der Waals surface area contributed by atoms with Crippen LogP contribution in [-0.4, -0.2) is 18.8 Å². The molecule has 0 aliphatic heterocycles. The molecule has 1 atom stereocenters. The zero-order chi connectivity index (χ0) is 11.3. The second-order valence-electron chi connectivity index (χ2n) is 2.89. The van der Waals surface area contributed by atoms with E-state index in [2.05, 4.69) is 0 Å². The molecule has 0 fully saturated rings. The number of hydrogen-bond donors (Lipinski definition) is 0. The van der Waals surface area contributed by atoms with Gasteiger partial charge in [-0.2, -0.15) is 0 Å². The number of thioether (sulfide) groups is 1. The summed E-state index contributed by atoms with van der Waals surface area (Å²) < 4.78 is 4.84. The third-order valence-electron chi connectivity index (χ3n) is 1.90. The third kappa shape index (κ3) is 3.43. The van der Waals surface area contributed by atoms with Crippen LogP contribution in [0.2, 0.25) is 0 Å². The molecule has 0 amide bonds. The molecule has 82 valence electrons. The number of carbonyl (C=O) groups is 1. The van der Waals surface area contributed by atoms with Gasteiger partial charge in [-0.05, 0) is 30.9 Å². The van der Waals surface area contributed by atoms with E-state index in [1.807, 2.05) is 30.5 Å². The van der Waals surface area contributed by atoms with Gasteiger partial charge in [-0.15, -0.1) is 23.4 Å². The van der Waals surface area contributed by atoms with Crippen molar-refractivity contribution < 1.29 is 9.53 Å². The standard InChI is InChI=1S/C11H13ClO2S/c1-3-14-11(13)10(12)8-4-6-9(15-2)7-5-8/h4-7,10H,3H2,1-2H3/t10-/m1/s1. The summed E-state index contributed by atoms with van der Waals surface area (Å²) in [5, 5.41) is -0.708. The topological polar surface area (TPSA) is 26.3 Å². The molecule has 4 heteroatoms. The quantitative estimate of drug-likeness (QED) is 0.462. The Balaban J connectivity index is 2.73. The smallest absolute Gasteiger partial charge is 0.328 e. The van der Waals surface area contributed by atoms with Gasteiger partial charge >= 0.3 is 5.97 Å². The Bertz CT molecular complexity index is 324. The minimum absolute atomic E-state index is 0.352. The zero-order valence-electron chi connectivity index (χ0n) is 8.70. The fraction of sp³-hybridized carbons (Fsp3) is 0.364. The molecule has 0 spiro atoms. The molecule has 15 heavy (non-hydrogen) atoms. The van der Waals surface area contributed by atoms with Gasteiger partial charge in [0.15, 0.2) is 5.38 Å². The maximum Gasteiger partial charge on any atom is 0.328 e. The molecule has 1 aromatic rings. The average molecular weight is 245 g/mol. The second-order valence-corrected chi connectivity index (χ2v) is 4.20. The lowest BCUT2D eigenvalue weighted by Gasteiger charge is -2.09. The largest absolute Gasteiger partial charge is 0.465 e. The maximum absolute atomic E-state index is 11.3. The summed E-state index contributed by atoms with van der Waals surface area (Å²) in [5.41, 5.74) is 0.771. The van der Waals surface area contributed by atoms with Gasteiger partial charge in [-0.1, -0.05) is 12.1 Å². The van der Waals surface area contributed by atoms with Crippen molar-refractivity contribution >= 4 is 29.3 Å². The van der Waals surface area contributed by atoms with Gasteiger partial charge in [-0.3, -0.25) is 4.79 Å². The molecule has 0 bridgehead atoms. The lowest BCUT2D eigenvalue weighted by molar-refractivity contribution is -0.142. The molecule has 0 saturated heterocycles. The second kappa shape index (κ2) is 6.03. The van der Waals surface area contributed by atoms with Crippen LogP contribution in [-0.2, 0) is 9.53 Å². The van der Waals surface area contributed by atoms with Gasteiger partial charge in [0.05, 0.1) is 6.61 Å². The zero-order valence-corrected chi connectivity index (χ0v) is 10.3. The fourth-order valence-corrected chi connectivity index (χ4v) is 1.74. The van der Waals surface area contributed by atoms with Gasteiger partial charge in [0.2, 0.25) is 0 Å². The first kappa shape index (κ1) is 12.4. The van der Waals surface area contributed by atoms with E-state index in [0.717, 1.165) is 10.5 Å². The number of ether oxygens (including phenoxy) is 1. The van der Waals surface area contributed by atoms with Crippen molar-refractivity contribution in [3.8, 4) is 0 Å². The maximum atomic E-state index is 11.3. The number of carbonyl (C=O) groups excluding carboxylic acids is 1. The van der Waals surface area contributed by atoms with Crippen LogP contribution in [0.5, 0.6) is 0 Å². The van der Waals surface area contributed by atoms with Gasteiger partial charge in [0, 0.05) is 4.90 Å². The molecule has 0 aromatic heterocycles. The SMILES string of the molecule is CCOC(=O)[C@H](Cl)c1ccc(SC)cc1. The first-order chi connectivity index (χ1) is 7.19. The predicted molar refractivity (Wildman–Crippen MR) is 63.5 cm³/mol. The predicted octanol–water partition coefficient (Wildman–Crippen LogP) is 3.25. The lowest BCUT2D eigenvalue weighted by atomic mass is 10.1. The van der Waals surface area contributed by atoms with Crippen LogP contribution in [0.3, 0.4) is 0 Å². The van der Waals surface area contributed by atoms with Crippen molar-refractivity contribution in [3.63, 3.8) is 0 Å². The molecular formula is C11H13ClO2S. The van der Waals surface area contributed by atoms with Crippen LogP contribution < -0.4 is 0 Å². The van der Waals surface area contributed by atoms with Gasteiger partial charge in [-0.25, -0.2) is 0 Å². The van der Waals surface area contributed by atoms with Crippen LogP contribution in [0.25, 0.3) is 0 Å².